The molecule has 1 saturated heterocycles. The van der Waals surface area contributed by atoms with Crippen LogP contribution < -0.4 is 0 Å². The minimum Gasteiger partial charge on any atom is -0.366 e. The van der Waals surface area contributed by atoms with Crippen molar-refractivity contribution in [3.63, 3.8) is 0 Å². The Morgan fingerprint density at radius 1 is 1.09 bits per heavy atom. The van der Waals surface area contributed by atoms with Crippen LogP contribution in [0.15, 0.2) is 24.3 Å². The van der Waals surface area contributed by atoms with Gasteiger partial charge in [0.2, 0.25) is 0 Å². The molecule has 1 N–H and O–H groups in total. The van der Waals surface area contributed by atoms with Gasteiger partial charge in [-0.25, -0.2) is 0 Å². The fourth-order valence-electron chi connectivity index (χ4n) is 7.47. The van der Waals surface area contributed by atoms with Crippen LogP contribution in [0.4, 0.5) is 0 Å². The van der Waals surface area contributed by atoms with Gasteiger partial charge in [0.25, 0.3) is 5.91 Å². The summed E-state index contributed by atoms with van der Waals surface area (Å²) >= 11 is 0. The zero-order valence-electron chi connectivity index (χ0n) is 12.7. The molecule has 0 aromatic heterocycles. The number of aliphatic hydroxyl groups is 1. The zero-order chi connectivity index (χ0) is 14.7. The average molecular weight is 295 g/mol. The minimum atomic E-state index is -1.02. The number of carbonyl (C=O) groups excluding carboxylic acids is 1. The molecular weight excluding hydrogens is 274 g/mol. The summed E-state index contributed by atoms with van der Waals surface area (Å²) in [5.74, 6) is 2.63. The summed E-state index contributed by atoms with van der Waals surface area (Å²) in [5.41, 5.74) is 0.793. The van der Waals surface area contributed by atoms with Crippen molar-refractivity contribution in [1.29, 1.82) is 0 Å². The summed E-state index contributed by atoms with van der Waals surface area (Å²) in [6, 6.07) is 7.75. The van der Waals surface area contributed by atoms with E-state index >= 15 is 0 Å². The molecule has 1 spiro atoms. The van der Waals surface area contributed by atoms with Crippen LogP contribution in [-0.2, 0) is 5.72 Å². The van der Waals surface area contributed by atoms with E-state index in [0.717, 1.165) is 29.5 Å². The molecule has 1 amide bonds. The fraction of sp³-hybridized carbons (Fsp3) is 0.632. The lowest BCUT2D eigenvalue weighted by molar-refractivity contribution is -0.172. The molecule has 2 heterocycles. The van der Waals surface area contributed by atoms with Gasteiger partial charge in [-0.15, -0.1) is 0 Å². The molecule has 1 aromatic rings. The second kappa shape index (κ2) is 3.43. The Morgan fingerprint density at radius 3 is 2.59 bits per heavy atom. The molecule has 4 aliphatic carbocycles. The van der Waals surface area contributed by atoms with Gasteiger partial charge in [-0.2, -0.15) is 0 Å². The van der Waals surface area contributed by atoms with Crippen LogP contribution in [0.5, 0.6) is 0 Å². The number of amides is 1. The summed E-state index contributed by atoms with van der Waals surface area (Å²) in [4.78, 5) is 14.7. The molecule has 7 rings (SSSR count). The smallest absolute Gasteiger partial charge is 0.256 e. The number of hydrogen-bond acceptors (Lipinski definition) is 2. The molecule has 22 heavy (non-hydrogen) atoms. The maximum absolute atomic E-state index is 12.9. The highest BCUT2D eigenvalue weighted by Gasteiger charge is 2.72. The third-order valence-electron chi connectivity index (χ3n) is 7.58. The number of rotatable bonds is 0. The summed E-state index contributed by atoms with van der Waals surface area (Å²) < 4.78 is 0. The van der Waals surface area contributed by atoms with Gasteiger partial charge < -0.3 is 10.0 Å². The Hall–Kier alpha value is -1.35. The zero-order valence-corrected chi connectivity index (χ0v) is 12.7. The van der Waals surface area contributed by atoms with Crippen molar-refractivity contribution in [3.05, 3.63) is 35.4 Å². The van der Waals surface area contributed by atoms with Gasteiger partial charge >= 0.3 is 0 Å². The van der Waals surface area contributed by atoms with Crippen molar-refractivity contribution in [3.8, 4) is 0 Å². The standard InChI is InChI=1S/C19H21NO2/c21-17-14-3-1-2-4-15(14)19(22)16-13-6-11-5-12(7-13)9-18(16,8-11)10-20(17)19/h1-4,11-13,16,22H,5-10H2/t11-,12+,13?,16-,18?,19+/m0/s1. The Bertz CT molecular complexity index is 699. The lowest BCUT2D eigenvalue weighted by Crippen LogP contribution is -2.56. The number of carbonyl (C=O) groups is 1. The maximum atomic E-state index is 12.9. The fourth-order valence-corrected chi connectivity index (χ4v) is 7.47. The van der Waals surface area contributed by atoms with E-state index in [1.807, 2.05) is 29.2 Å². The van der Waals surface area contributed by atoms with Gasteiger partial charge in [0, 0.05) is 23.6 Å². The van der Waals surface area contributed by atoms with Gasteiger partial charge in [0.05, 0.1) is 0 Å². The Balaban J connectivity index is 1.59. The maximum Gasteiger partial charge on any atom is 0.256 e. The lowest BCUT2D eigenvalue weighted by atomic mass is 9.44. The van der Waals surface area contributed by atoms with Crippen LogP contribution in [0.1, 0.15) is 48.0 Å². The highest BCUT2D eigenvalue weighted by atomic mass is 16.3. The van der Waals surface area contributed by atoms with Crippen molar-refractivity contribution < 1.29 is 9.90 Å². The van der Waals surface area contributed by atoms with Crippen LogP contribution in [0.25, 0.3) is 0 Å². The molecule has 6 aliphatic rings. The van der Waals surface area contributed by atoms with Crippen LogP contribution >= 0.6 is 0 Å². The van der Waals surface area contributed by atoms with E-state index in [1.165, 1.54) is 32.1 Å². The van der Waals surface area contributed by atoms with Crippen molar-refractivity contribution in [2.24, 2.45) is 29.1 Å². The molecule has 3 nitrogen and oxygen atoms in total. The van der Waals surface area contributed by atoms with Gasteiger partial charge in [-0.1, -0.05) is 18.2 Å². The van der Waals surface area contributed by atoms with Gasteiger partial charge in [-0.3, -0.25) is 4.79 Å². The van der Waals surface area contributed by atoms with Crippen LogP contribution in [0, 0.1) is 29.1 Å². The predicted molar refractivity (Wildman–Crippen MR) is 80.9 cm³/mol. The van der Waals surface area contributed by atoms with E-state index in [1.54, 1.807) is 0 Å². The highest BCUT2D eigenvalue weighted by molar-refractivity contribution is 6.00. The largest absolute Gasteiger partial charge is 0.366 e. The number of hydrogen-bond donors (Lipinski definition) is 1. The Kier molecular flexibility index (Phi) is 1.89. The van der Waals surface area contributed by atoms with E-state index in [9.17, 15) is 9.90 Å². The average Bonchev–Trinajstić information content (AvgIpc) is 2.86. The molecule has 1 aromatic carbocycles. The lowest BCUT2D eigenvalue weighted by Gasteiger charge is -2.60. The van der Waals surface area contributed by atoms with Crippen LogP contribution in [0.3, 0.4) is 0 Å². The SMILES string of the molecule is O=C1c2ccccc2[C@@]2(O)[C@H]3C4C[C@@H]5C[C@H](C4)CC3(C5)CN12. The number of benzene rings is 1. The predicted octanol–water partition coefficient (Wildman–Crippen LogP) is 2.74. The molecule has 6 atom stereocenters. The molecule has 2 aliphatic heterocycles. The summed E-state index contributed by atoms with van der Waals surface area (Å²) in [6.07, 6.45) is 6.41. The normalized spacial score (nSPS) is 50.2. The molecule has 4 bridgehead atoms. The first kappa shape index (κ1) is 12.1. The van der Waals surface area contributed by atoms with E-state index in [4.69, 9.17) is 0 Å². The monoisotopic (exact) mass is 295 g/mol. The van der Waals surface area contributed by atoms with Crippen LogP contribution in [-0.4, -0.2) is 22.5 Å². The third-order valence-corrected chi connectivity index (χ3v) is 7.58. The van der Waals surface area contributed by atoms with E-state index in [-0.39, 0.29) is 17.2 Å². The van der Waals surface area contributed by atoms with E-state index in [0.29, 0.717) is 5.92 Å². The van der Waals surface area contributed by atoms with Gasteiger partial charge in [0.15, 0.2) is 5.72 Å². The third kappa shape index (κ3) is 1.10. The van der Waals surface area contributed by atoms with Gasteiger partial charge in [0.1, 0.15) is 0 Å². The van der Waals surface area contributed by atoms with Gasteiger partial charge in [-0.05, 0) is 61.3 Å². The van der Waals surface area contributed by atoms with E-state index < -0.39 is 5.72 Å². The molecule has 114 valence electrons. The van der Waals surface area contributed by atoms with Crippen molar-refractivity contribution in [1.82, 2.24) is 4.90 Å². The summed E-state index contributed by atoms with van der Waals surface area (Å²) in [5, 5.41) is 11.8. The Labute approximate surface area is 130 Å². The second-order valence-corrected chi connectivity index (χ2v) is 8.61. The van der Waals surface area contributed by atoms with Crippen molar-refractivity contribution in [2.45, 2.75) is 37.8 Å². The molecule has 0 radical (unpaired) electrons. The highest BCUT2D eigenvalue weighted by Crippen LogP contribution is 2.71. The summed E-state index contributed by atoms with van der Waals surface area (Å²) in [6.45, 7) is 0.783. The second-order valence-electron chi connectivity index (χ2n) is 8.61. The molecule has 3 heteroatoms. The topological polar surface area (TPSA) is 40.5 Å². The molecule has 5 fully saturated rings. The first-order valence-corrected chi connectivity index (χ1v) is 8.76. The van der Waals surface area contributed by atoms with Crippen LogP contribution in [0.2, 0.25) is 0 Å². The van der Waals surface area contributed by atoms with E-state index in [2.05, 4.69) is 0 Å². The first-order chi connectivity index (χ1) is 10.6. The van der Waals surface area contributed by atoms with Crippen molar-refractivity contribution >= 4 is 5.91 Å². The van der Waals surface area contributed by atoms with Crippen molar-refractivity contribution in [2.75, 3.05) is 6.54 Å². The molecule has 4 saturated carbocycles. The number of nitrogens with zero attached hydrogens (tertiary/aromatic N) is 1. The quantitative estimate of drug-likeness (QED) is 0.799. The first-order valence-electron chi connectivity index (χ1n) is 8.76. The molecular formula is C19H21NO2. The summed E-state index contributed by atoms with van der Waals surface area (Å²) in [7, 11) is 0. The minimum absolute atomic E-state index is 0.0567. The Morgan fingerprint density at radius 2 is 1.82 bits per heavy atom. The molecule has 2 unspecified atom stereocenters. The number of fused-ring (bicyclic) bond motifs is 3.